The number of carboxylic acids is 1. The number of ether oxygens (including phenoxy) is 1. The minimum atomic E-state index is -0.880. The molecule has 1 heterocycles. The number of allylic oxidation sites excluding steroid dienone is 2. The van der Waals surface area contributed by atoms with Crippen LogP contribution in [0.2, 0.25) is 0 Å². The number of aromatic nitrogens is 2. The second-order valence-corrected chi connectivity index (χ2v) is 6.16. The minimum Gasteiger partial charge on any atom is -0.478 e. The van der Waals surface area contributed by atoms with Crippen molar-refractivity contribution in [2.24, 2.45) is 5.73 Å². The molecule has 1 fully saturated rings. The fourth-order valence-corrected chi connectivity index (χ4v) is 2.92. The zero-order chi connectivity index (χ0) is 21.5. The molecule has 1 amide bonds. The molecule has 158 valence electrons. The van der Waals surface area contributed by atoms with E-state index in [2.05, 4.69) is 9.84 Å². The molecule has 1 aliphatic carbocycles. The average Bonchev–Trinajstić information content (AvgIpc) is 3.09. The number of aromatic carboxylic acids is 1. The summed E-state index contributed by atoms with van der Waals surface area (Å²) in [4.78, 5) is 21.0. The third kappa shape index (κ3) is 8.88. The number of nitrogens with zero attached hydrogens (tertiary/aromatic N) is 2. The van der Waals surface area contributed by atoms with Crippen molar-refractivity contribution in [3.63, 3.8) is 0 Å². The maximum atomic E-state index is 10.9. The van der Waals surface area contributed by atoms with Gasteiger partial charge < -0.3 is 15.6 Å². The predicted molar refractivity (Wildman–Crippen MR) is 111 cm³/mol. The Morgan fingerprint density at radius 3 is 2.32 bits per heavy atom. The molecule has 0 atom stereocenters. The Morgan fingerprint density at radius 1 is 1.29 bits per heavy atom. The molecule has 1 saturated carbocycles. The third-order valence-electron chi connectivity index (χ3n) is 4.33. The van der Waals surface area contributed by atoms with Crippen molar-refractivity contribution in [2.45, 2.75) is 72.8 Å². The summed E-state index contributed by atoms with van der Waals surface area (Å²) >= 11 is 0. The Labute approximate surface area is 168 Å². The molecule has 7 heteroatoms. The molecule has 0 aromatic carbocycles. The van der Waals surface area contributed by atoms with E-state index in [1.54, 1.807) is 0 Å². The van der Waals surface area contributed by atoms with E-state index in [0.29, 0.717) is 11.6 Å². The summed E-state index contributed by atoms with van der Waals surface area (Å²) in [6.07, 6.45) is 12.3. The molecular formula is C21H35N3O4. The Bertz CT molecular complexity index is 657. The number of amides is 1. The summed E-state index contributed by atoms with van der Waals surface area (Å²) in [5.41, 5.74) is 6.84. The van der Waals surface area contributed by atoms with Crippen LogP contribution in [0.3, 0.4) is 0 Å². The average molecular weight is 394 g/mol. The normalized spacial score (nSPS) is 14.5. The fourth-order valence-electron chi connectivity index (χ4n) is 2.92. The lowest BCUT2D eigenvalue weighted by Gasteiger charge is -2.23. The van der Waals surface area contributed by atoms with E-state index in [1.165, 1.54) is 25.5 Å². The molecule has 0 spiro atoms. The van der Waals surface area contributed by atoms with Crippen LogP contribution in [0, 0.1) is 6.92 Å². The van der Waals surface area contributed by atoms with Gasteiger partial charge in [0, 0.05) is 0 Å². The van der Waals surface area contributed by atoms with Gasteiger partial charge in [-0.1, -0.05) is 51.3 Å². The van der Waals surface area contributed by atoms with Crippen LogP contribution in [0.15, 0.2) is 30.0 Å². The minimum absolute atomic E-state index is 0.246. The lowest BCUT2D eigenvalue weighted by Crippen LogP contribution is -2.15. The summed E-state index contributed by atoms with van der Waals surface area (Å²) < 4.78 is 6.46. The maximum absolute atomic E-state index is 10.9. The molecule has 2 rings (SSSR count). The molecule has 0 aliphatic heterocycles. The van der Waals surface area contributed by atoms with E-state index in [9.17, 15) is 9.59 Å². The molecule has 1 aromatic rings. The lowest BCUT2D eigenvalue weighted by atomic mass is 9.95. The van der Waals surface area contributed by atoms with Crippen LogP contribution < -0.4 is 5.73 Å². The molecule has 0 saturated heterocycles. The van der Waals surface area contributed by atoms with Crippen LogP contribution in [0.1, 0.15) is 81.9 Å². The molecule has 0 unspecified atom stereocenters. The number of nitrogens with two attached hydrogens (primary N) is 1. The van der Waals surface area contributed by atoms with Crippen molar-refractivity contribution in [2.75, 3.05) is 6.61 Å². The molecule has 3 N–H and O–H groups in total. The van der Waals surface area contributed by atoms with E-state index in [1.807, 2.05) is 57.5 Å². The number of hydrogen-bond acceptors (Lipinski definition) is 4. The van der Waals surface area contributed by atoms with Gasteiger partial charge in [0.05, 0.1) is 17.9 Å². The number of hydrogen-bond donors (Lipinski definition) is 2. The maximum Gasteiger partial charge on any atom is 0.404 e. The van der Waals surface area contributed by atoms with Crippen LogP contribution >= 0.6 is 0 Å². The lowest BCUT2D eigenvalue weighted by molar-refractivity contribution is 0.0695. The van der Waals surface area contributed by atoms with Gasteiger partial charge in [-0.05, 0) is 39.2 Å². The van der Waals surface area contributed by atoms with Gasteiger partial charge in [0.15, 0.2) is 0 Å². The van der Waals surface area contributed by atoms with Gasteiger partial charge in [0.2, 0.25) is 0 Å². The largest absolute Gasteiger partial charge is 0.478 e. The van der Waals surface area contributed by atoms with Crippen LogP contribution in [0.25, 0.3) is 0 Å². The molecule has 1 aromatic heterocycles. The molecule has 28 heavy (non-hydrogen) atoms. The topological polar surface area (TPSA) is 107 Å². The highest BCUT2D eigenvalue weighted by atomic mass is 16.5. The van der Waals surface area contributed by atoms with Crippen LogP contribution in [-0.2, 0) is 4.74 Å². The second kappa shape index (κ2) is 14.5. The highest BCUT2D eigenvalue weighted by Crippen LogP contribution is 2.29. The number of carbonyl (C=O) groups is 2. The Kier molecular flexibility index (Phi) is 13.2. The van der Waals surface area contributed by atoms with Crippen LogP contribution in [-0.4, -0.2) is 33.6 Å². The highest BCUT2D eigenvalue weighted by Gasteiger charge is 2.20. The second-order valence-electron chi connectivity index (χ2n) is 6.16. The fraction of sp³-hybridized carbons (Fsp3) is 0.571. The summed E-state index contributed by atoms with van der Waals surface area (Å²) in [5.74, 6) is -0.880. The number of primary amides is 1. The zero-order valence-electron chi connectivity index (χ0n) is 17.8. The SMILES string of the molecule is C/C=C\C(=C/C)COC(N)=O.CC.Cc1c(C(=O)O)cnn1C1CCCCC1. The van der Waals surface area contributed by atoms with Gasteiger partial charge in [-0.2, -0.15) is 5.10 Å². The number of carbonyl (C=O) groups excluding carboxylic acids is 1. The number of carboxylic acid groups (broad SMARTS) is 1. The van der Waals surface area contributed by atoms with Crippen molar-refractivity contribution >= 4 is 12.1 Å². The molecule has 1 aliphatic rings. The van der Waals surface area contributed by atoms with Gasteiger partial charge in [-0.15, -0.1) is 0 Å². The van der Waals surface area contributed by atoms with E-state index >= 15 is 0 Å². The Balaban J connectivity index is 0.000000502. The molecular weight excluding hydrogens is 358 g/mol. The highest BCUT2D eigenvalue weighted by molar-refractivity contribution is 5.88. The Morgan fingerprint density at radius 2 is 1.89 bits per heavy atom. The summed E-state index contributed by atoms with van der Waals surface area (Å²) in [6, 6.07) is 0.409. The first-order valence-corrected chi connectivity index (χ1v) is 9.88. The quantitative estimate of drug-likeness (QED) is 0.683. The first-order valence-electron chi connectivity index (χ1n) is 9.88. The van der Waals surface area contributed by atoms with E-state index in [-0.39, 0.29) is 6.61 Å². The van der Waals surface area contributed by atoms with E-state index < -0.39 is 12.1 Å². The van der Waals surface area contributed by atoms with Gasteiger partial charge in [0.1, 0.15) is 12.2 Å². The van der Waals surface area contributed by atoms with Crippen LogP contribution in [0.5, 0.6) is 0 Å². The van der Waals surface area contributed by atoms with Gasteiger partial charge >= 0.3 is 12.1 Å². The summed E-state index contributed by atoms with van der Waals surface area (Å²) in [5, 5.41) is 13.1. The van der Waals surface area contributed by atoms with Crippen molar-refractivity contribution in [1.29, 1.82) is 0 Å². The first kappa shape index (κ1) is 25.4. The molecule has 0 bridgehead atoms. The standard InChI is InChI=1S/C11H16N2O2.C8H13NO2.C2H6/c1-8-10(11(14)15)7-12-13(8)9-5-3-2-4-6-9;1-3-5-7(4-2)6-11-8(9)10;1-2/h7,9H,2-6H2,1H3,(H,14,15);3-5H,6H2,1-2H3,(H2,9,10);1-2H3/b;5-3-,7-4+;. The van der Waals surface area contributed by atoms with Crippen molar-refractivity contribution in [3.8, 4) is 0 Å². The van der Waals surface area contributed by atoms with Crippen molar-refractivity contribution < 1.29 is 19.4 Å². The van der Waals surface area contributed by atoms with E-state index in [0.717, 1.165) is 24.1 Å². The van der Waals surface area contributed by atoms with Crippen molar-refractivity contribution in [3.05, 3.63) is 41.3 Å². The smallest absolute Gasteiger partial charge is 0.404 e. The summed E-state index contributed by atoms with van der Waals surface area (Å²) in [6.45, 7) is 9.86. The zero-order valence-corrected chi connectivity index (χ0v) is 17.8. The molecule has 0 radical (unpaired) electrons. The molecule has 7 nitrogen and oxygen atoms in total. The van der Waals surface area contributed by atoms with E-state index in [4.69, 9.17) is 10.8 Å². The Hall–Kier alpha value is -2.57. The van der Waals surface area contributed by atoms with Gasteiger partial charge in [-0.3, -0.25) is 4.68 Å². The van der Waals surface area contributed by atoms with Gasteiger partial charge in [-0.25, -0.2) is 9.59 Å². The van der Waals surface area contributed by atoms with Crippen LogP contribution in [0.4, 0.5) is 4.79 Å². The monoisotopic (exact) mass is 393 g/mol. The third-order valence-corrected chi connectivity index (χ3v) is 4.33. The van der Waals surface area contributed by atoms with Crippen molar-refractivity contribution in [1.82, 2.24) is 9.78 Å². The number of rotatable bonds is 5. The van der Waals surface area contributed by atoms with Gasteiger partial charge in [0.25, 0.3) is 0 Å². The summed E-state index contributed by atoms with van der Waals surface area (Å²) in [7, 11) is 0. The predicted octanol–water partition coefficient (Wildman–Crippen LogP) is 5.03. The first-order chi connectivity index (χ1) is 13.4.